The number of hydrogen-bond acceptors (Lipinski definition) is 8. The molecule has 0 heterocycles. The topological polar surface area (TPSA) is 111 Å². The van der Waals surface area contributed by atoms with Crippen LogP contribution in [0.1, 0.15) is 142 Å². The largest absolute Gasteiger partial charge is 0.756 e. The number of likely N-dealkylation sites (N-methyl/N-ethyl adjacent to an activating group) is 1. The predicted molar refractivity (Wildman–Crippen MR) is 231 cm³/mol. The minimum Gasteiger partial charge on any atom is -0.756 e. The first-order valence-electron chi connectivity index (χ1n) is 21.4. The smallest absolute Gasteiger partial charge is 0.306 e. The van der Waals surface area contributed by atoms with Gasteiger partial charge < -0.3 is 27.9 Å². The van der Waals surface area contributed by atoms with Crippen LogP contribution in [0.25, 0.3) is 0 Å². The van der Waals surface area contributed by atoms with E-state index in [1.54, 1.807) is 0 Å². The Labute approximate surface area is 341 Å². The minimum atomic E-state index is -4.64. The van der Waals surface area contributed by atoms with Gasteiger partial charge in [-0.05, 0) is 57.8 Å². The van der Waals surface area contributed by atoms with Crippen LogP contribution in [-0.2, 0) is 32.7 Å². The summed E-state index contributed by atoms with van der Waals surface area (Å²) in [5.74, 6) is -0.887. The minimum absolute atomic E-state index is 0.0429. The number of carbonyl (C=O) groups is 2. The fourth-order valence-electron chi connectivity index (χ4n) is 5.19. The summed E-state index contributed by atoms with van der Waals surface area (Å²) in [6.07, 6.45) is 47.4. The lowest BCUT2D eigenvalue weighted by Crippen LogP contribution is -2.37. The summed E-state index contributed by atoms with van der Waals surface area (Å²) in [6.45, 7) is 3.98. The van der Waals surface area contributed by atoms with E-state index in [1.165, 1.54) is 19.3 Å². The van der Waals surface area contributed by atoms with Gasteiger partial charge in [-0.3, -0.25) is 14.2 Å². The molecule has 0 spiro atoms. The maximum atomic E-state index is 12.7. The van der Waals surface area contributed by atoms with Crippen LogP contribution < -0.4 is 4.89 Å². The molecule has 0 aromatic heterocycles. The summed E-state index contributed by atoms with van der Waals surface area (Å²) in [4.78, 5) is 37.5. The number of esters is 2. The van der Waals surface area contributed by atoms with Gasteiger partial charge in [-0.1, -0.05) is 157 Å². The summed E-state index contributed by atoms with van der Waals surface area (Å²) in [7, 11) is 1.12. The van der Waals surface area contributed by atoms with Crippen LogP contribution in [0.4, 0.5) is 0 Å². The second-order valence-corrected chi connectivity index (χ2v) is 16.5. The third kappa shape index (κ3) is 40.8. The first-order valence-corrected chi connectivity index (χ1v) is 22.8. The van der Waals surface area contributed by atoms with Crippen molar-refractivity contribution in [2.75, 3.05) is 47.5 Å². The summed E-state index contributed by atoms with van der Waals surface area (Å²) >= 11 is 0. The molecule has 0 radical (unpaired) electrons. The van der Waals surface area contributed by atoms with Gasteiger partial charge in [-0.2, -0.15) is 0 Å². The molecule has 0 aliphatic carbocycles. The molecule has 2 atom stereocenters. The van der Waals surface area contributed by atoms with Gasteiger partial charge in [0.1, 0.15) is 19.8 Å². The maximum absolute atomic E-state index is 12.7. The molecule has 0 amide bonds. The fourth-order valence-corrected chi connectivity index (χ4v) is 5.92. The number of phosphoric ester groups is 1. The lowest BCUT2D eigenvalue weighted by atomic mass is 10.1. The van der Waals surface area contributed by atoms with Crippen molar-refractivity contribution in [2.45, 2.75) is 148 Å². The van der Waals surface area contributed by atoms with Crippen molar-refractivity contribution in [3.63, 3.8) is 0 Å². The van der Waals surface area contributed by atoms with Crippen molar-refractivity contribution in [1.82, 2.24) is 0 Å². The van der Waals surface area contributed by atoms with E-state index in [2.05, 4.69) is 56.4 Å². The zero-order chi connectivity index (χ0) is 41.4. The number of carbonyl (C=O) groups excluding carboxylic acids is 2. The average molecular weight is 804 g/mol. The van der Waals surface area contributed by atoms with Gasteiger partial charge in [0.2, 0.25) is 0 Å². The first kappa shape index (κ1) is 53.2. The highest BCUT2D eigenvalue weighted by Crippen LogP contribution is 2.38. The summed E-state index contributed by atoms with van der Waals surface area (Å²) in [5.41, 5.74) is 0. The molecule has 0 aliphatic rings. The normalized spacial score (nSPS) is 14.5. The Kier molecular flexibility index (Phi) is 35.9. The number of unbranched alkanes of at least 4 members (excludes halogenated alkanes) is 14. The third-order valence-corrected chi connectivity index (χ3v) is 9.52. The van der Waals surface area contributed by atoms with Crippen molar-refractivity contribution in [3.05, 3.63) is 85.1 Å². The molecular formula is C46H78NO8P. The molecule has 0 bridgehead atoms. The number of quaternary nitrogens is 1. The Morgan fingerprint density at radius 3 is 1.54 bits per heavy atom. The Morgan fingerprint density at radius 2 is 1.02 bits per heavy atom. The van der Waals surface area contributed by atoms with Gasteiger partial charge in [0.15, 0.2) is 6.10 Å². The fraction of sp³-hybridized carbons (Fsp3) is 0.652. The molecule has 0 aliphatic heterocycles. The van der Waals surface area contributed by atoms with Crippen LogP contribution in [0.5, 0.6) is 0 Å². The molecule has 0 saturated carbocycles. The molecule has 56 heavy (non-hydrogen) atoms. The van der Waals surface area contributed by atoms with Crippen LogP contribution in [0.15, 0.2) is 85.1 Å². The van der Waals surface area contributed by atoms with E-state index in [9.17, 15) is 19.0 Å². The quantitative estimate of drug-likeness (QED) is 0.0201. The Hall–Kier alpha value is -2.81. The van der Waals surface area contributed by atoms with E-state index in [-0.39, 0.29) is 26.1 Å². The monoisotopic (exact) mass is 804 g/mol. The van der Waals surface area contributed by atoms with E-state index in [1.807, 2.05) is 63.7 Å². The van der Waals surface area contributed by atoms with Crippen LogP contribution in [0, 0.1) is 0 Å². The third-order valence-electron chi connectivity index (χ3n) is 8.56. The second kappa shape index (κ2) is 37.7. The van der Waals surface area contributed by atoms with Crippen LogP contribution >= 0.6 is 7.82 Å². The van der Waals surface area contributed by atoms with E-state index in [0.717, 1.165) is 83.5 Å². The maximum Gasteiger partial charge on any atom is 0.306 e. The lowest BCUT2D eigenvalue weighted by molar-refractivity contribution is -0.870. The molecule has 0 saturated heterocycles. The van der Waals surface area contributed by atoms with Crippen LogP contribution in [-0.4, -0.2) is 70.0 Å². The van der Waals surface area contributed by atoms with E-state index >= 15 is 0 Å². The first-order chi connectivity index (χ1) is 27.0. The molecular weight excluding hydrogens is 725 g/mol. The molecule has 320 valence electrons. The van der Waals surface area contributed by atoms with E-state index in [0.29, 0.717) is 23.9 Å². The van der Waals surface area contributed by atoms with Crippen molar-refractivity contribution in [3.8, 4) is 0 Å². The van der Waals surface area contributed by atoms with Gasteiger partial charge in [0.05, 0.1) is 27.7 Å². The van der Waals surface area contributed by atoms with E-state index in [4.69, 9.17) is 18.5 Å². The SMILES string of the molecule is CC/C=C/C=C/C=C/C=C/C=C/CCCCCCCC(=O)OC[C@H](COP(=O)([O-])OCC[N+](C)(C)C)OC(=O)CCCCCCCC/C=C/C=C/CCCCC. The number of allylic oxidation sites excluding steroid dienone is 14. The molecule has 0 N–H and O–H groups in total. The highest BCUT2D eigenvalue weighted by Gasteiger charge is 2.21. The molecule has 1 unspecified atom stereocenters. The zero-order valence-electron chi connectivity index (χ0n) is 35.8. The van der Waals surface area contributed by atoms with E-state index < -0.39 is 32.5 Å². The van der Waals surface area contributed by atoms with Crippen molar-refractivity contribution < 1.29 is 42.1 Å². The predicted octanol–water partition coefficient (Wildman–Crippen LogP) is 11.4. The van der Waals surface area contributed by atoms with Crippen LogP contribution in [0.2, 0.25) is 0 Å². The van der Waals surface area contributed by atoms with Crippen molar-refractivity contribution >= 4 is 19.8 Å². The Morgan fingerprint density at radius 1 is 0.571 bits per heavy atom. The number of hydrogen-bond donors (Lipinski definition) is 0. The highest BCUT2D eigenvalue weighted by atomic mass is 31.2. The summed E-state index contributed by atoms with van der Waals surface area (Å²) in [6, 6.07) is 0. The molecule has 0 rings (SSSR count). The highest BCUT2D eigenvalue weighted by molar-refractivity contribution is 7.45. The summed E-state index contributed by atoms with van der Waals surface area (Å²) < 4.78 is 33.8. The molecule has 0 fully saturated rings. The zero-order valence-corrected chi connectivity index (χ0v) is 36.7. The van der Waals surface area contributed by atoms with Gasteiger partial charge >= 0.3 is 11.9 Å². The number of rotatable bonds is 37. The van der Waals surface area contributed by atoms with Gasteiger partial charge in [-0.15, -0.1) is 0 Å². The number of phosphoric acid groups is 1. The van der Waals surface area contributed by atoms with Gasteiger partial charge in [-0.25, -0.2) is 0 Å². The molecule has 0 aromatic rings. The van der Waals surface area contributed by atoms with Crippen LogP contribution in [0.3, 0.4) is 0 Å². The molecule has 10 heteroatoms. The molecule has 0 aromatic carbocycles. The summed E-state index contributed by atoms with van der Waals surface area (Å²) in [5, 5.41) is 0. The standard InChI is InChI=1S/C46H78NO8P/c1-6-8-10-12-14-16-18-20-22-23-25-26-28-30-32-34-36-38-45(48)52-42-44(43-54-56(50,51)53-41-40-47(3,4)5)55-46(49)39-37-35-33-31-29-27-24-21-19-17-15-13-11-9-7-2/h8,10,12,14-23,25,44H,6-7,9,11,13,24,26-43H2,1-5H3/b10-8+,14-12+,17-15+,18-16+,21-19+,22-20+,25-23+/t44-/m1/s1. The molecule has 9 nitrogen and oxygen atoms in total. The average Bonchev–Trinajstić information content (AvgIpc) is 3.15. The van der Waals surface area contributed by atoms with Gasteiger partial charge in [0, 0.05) is 12.8 Å². The Bertz CT molecular complexity index is 1230. The lowest BCUT2D eigenvalue weighted by Gasteiger charge is -2.28. The van der Waals surface area contributed by atoms with Crippen molar-refractivity contribution in [2.24, 2.45) is 0 Å². The number of nitrogens with zero attached hydrogens (tertiary/aromatic N) is 1. The van der Waals surface area contributed by atoms with Crippen molar-refractivity contribution in [1.29, 1.82) is 0 Å². The van der Waals surface area contributed by atoms with Gasteiger partial charge in [0.25, 0.3) is 7.82 Å². The Balaban J connectivity index is 4.47. The number of ether oxygens (including phenoxy) is 2. The second-order valence-electron chi connectivity index (χ2n) is 15.1.